The van der Waals surface area contributed by atoms with Gasteiger partial charge in [0.05, 0.1) is 5.56 Å². The number of benzene rings is 3. The van der Waals surface area contributed by atoms with Crippen molar-refractivity contribution in [1.82, 2.24) is 0 Å². The Bertz CT molecular complexity index is 1320. The third kappa shape index (κ3) is 3.36. The van der Waals surface area contributed by atoms with E-state index in [1.165, 1.54) is 6.07 Å². The van der Waals surface area contributed by atoms with Crippen molar-refractivity contribution in [3.63, 3.8) is 0 Å². The van der Waals surface area contributed by atoms with Crippen LogP contribution in [0.25, 0.3) is 17.0 Å². The molecule has 0 aliphatic carbocycles. The Morgan fingerprint density at radius 1 is 0.967 bits per heavy atom. The Labute approximate surface area is 176 Å². The van der Waals surface area contributed by atoms with Crippen molar-refractivity contribution in [2.45, 2.75) is 0 Å². The average molecular weight is 417 g/mol. The molecule has 1 aliphatic rings. The van der Waals surface area contributed by atoms with E-state index < -0.39 is 5.97 Å². The predicted octanol–water partition coefficient (Wildman–Crippen LogP) is 5.92. The lowest BCUT2D eigenvalue weighted by Crippen LogP contribution is -2.07. The smallest absolute Gasteiger partial charge is 0.379 e. The van der Waals surface area contributed by atoms with Gasteiger partial charge >= 0.3 is 5.97 Å². The van der Waals surface area contributed by atoms with Gasteiger partial charge in [0.15, 0.2) is 5.76 Å². The van der Waals surface area contributed by atoms with E-state index in [1.807, 2.05) is 24.3 Å². The fraction of sp³-hybridized carbons (Fsp3) is 0. The number of rotatable bonds is 3. The van der Waals surface area contributed by atoms with Gasteiger partial charge in [-0.05, 0) is 48.0 Å². The maximum absolute atomic E-state index is 12.6. The molecular weight excluding hydrogens is 404 g/mol. The molecule has 5 rings (SSSR count). The van der Waals surface area contributed by atoms with Crippen molar-refractivity contribution in [3.8, 4) is 11.5 Å². The SMILES string of the molecule is O=C(Oc1ccc2c(c1)O/C(=C\c1cccc(Cl)c1)C2=O)c1cc2ccccc2o1. The lowest BCUT2D eigenvalue weighted by atomic mass is 10.1. The number of Topliss-reactive ketones (excluding diaryl/α,β-unsaturated/α-hetero) is 1. The molecule has 5 nitrogen and oxygen atoms in total. The second-order valence-electron chi connectivity index (χ2n) is 6.69. The zero-order valence-electron chi connectivity index (χ0n) is 15.4. The van der Waals surface area contributed by atoms with E-state index in [-0.39, 0.29) is 23.1 Å². The molecule has 1 aliphatic heterocycles. The molecule has 0 atom stereocenters. The second-order valence-corrected chi connectivity index (χ2v) is 7.13. The highest BCUT2D eigenvalue weighted by Gasteiger charge is 2.28. The predicted molar refractivity (Wildman–Crippen MR) is 112 cm³/mol. The summed E-state index contributed by atoms with van der Waals surface area (Å²) in [5.41, 5.74) is 1.74. The number of ether oxygens (including phenoxy) is 2. The van der Waals surface area contributed by atoms with Crippen LogP contribution in [0.5, 0.6) is 11.5 Å². The number of furan rings is 1. The Morgan fingerprint density at radius 2 is 1.83 bits per heavy atom. The minimum absolute atomic E-state index is 0.0928. The minimum atomic E-state index is -0.634. The van der Waals surface area contributed by atoms with Gasteiger partial charge in [0.2, 0.25) is 11.5 Å². The summed E-state index contributed by atoms with van der Waals surface area (Å²) < 4.78 is 16.6. The molecule has 0 N–H and O–H groups in total. The van der Waals surface area contributed by atoms with Gasteiger partial charge in [-0.1, -0.05) is 41.9 Å². The maximum atomic E-state index is 12.6. The first-order valence-electron chi connectivity index (χ1n) is 9.11. The van der Waals surface area contributed by atoms with Crippen molar-refractivity contribution in [1.29, 1.82) is 0 Å². The number of carbonyl (C=O) groups excluding carboxylic acids is 2. The van der Waals surface area contributed by atoms with E-state index in [9.17, 15) is 9.59 Å². The molecule has 0 bridgehead atoms. The van der Waals surface area contributed by atoms with Gasteiger partial charge in [-0.25, -0.2) is 4.79 Å². The monoisotopic (exact) mass is 416 g/mol. The van der Waals surface area contributed by atoms with Crippen molar-refractivity contribution in [3.05, 3.63) is 100 Å². The third-order valence-electron chi connectivity index (χ3n) is 4.63. The number of hydrogen-bond acceptors (Lipinski definition) is 5. The highest BCUT2D eigenvalue weighted by molar-refractivity contribution is 6.30. The molecule has 1 aromatic heterocycles. The molecule has 0 saturated heterocycles. The highest BCUT2D eigenvalue weighted by atomic mass is 35.5. The van der Waals surface area contributed by atoms with Gasteiger partial charge < -0.3 is 13.9 Å². The van der Waals surface area contributed by atoms with Crippen molar-refractivity contribution < 1.29 is 23.5 Å². The average Bonchev–Trinajstić information content (AvgIpc) is 3.29. The van der Waals surface area contributed by atoms with Crippen LogP contribution in [0, 0.1) is 0 Å². The number of esters is 1. The molecule has 0 fully saturated rings. The summed E-state index contributed by atoms with van der Waals surface area (Å²) in [5, 5.41) is 1.37. The van der Waals surface area contributed by atoms with E-state index in [0.29, 0.717) is 21.9 Å². The third-order valence-corrected chi connectivity index (χ3v) is 4.86. The second kappa shape index (κ2) is 7.21. The first-order valence-corrected chi connectivity index (χ1v) is 9.49. The van der Waals surface area contributed by atoms with Gasteiger partial charge in [0.25, 0.3) is 0 Å². The zero-order chi connectivity index (χ0) is 20.7. The van der Waals surface area contributed by atoms with Crippen molar-refractivity contribution in [2.75, 3.05) is 0 Å². The number of para-hydroxylation sites is 1. The van der Waals surface area contributed by atoms with Crippen LogP contribution in [0.1, 0.15) is 26.5 Å². The summed E-state index contributed by atoms with van der Waals surface area (Å²) >= 11 is 5.99. The van der Waals surface area contributed by atoms with Crippen LogP contribution < -0.4 is 9.47 Å². The molecule has 4 aromatic rings. The number of allylic oxidation sites excluding steroid dienone is 1. The van der Waals surface area contributed by atoms with Gasteiger partial charge in [0, 0.05) is 16.5 Å². The van der Waals surface area contributed by atoms with Gasteiger partial charge in [-0.2, -0.15) is 0 Å². The summed E-state index contributed by atoms with van der Waals surface area (Å²) in [6, 6.07) is 20.6. The van der Waals surface area contributed by atoms with Crippen molar-refractivity contribution in [2.24, 2.45) is 0 Å². The molecular formula is C24H13ClO5. The summed E-state index contributed by atoms with van der Waals surface area (Å²) in [6.45, 7) is 0. The summed E-state index contributed by atoms with van der Waals surface area (Å²) in [6.07, 6.45) is 1.62. The number of hydrogen-bond donors (Lipinski definition) is 0. The lowest BCUT2D eigenvalue weighted by Gasteiger charge is -2.04. The molecule has 30 heavy (non-hydrogen) atoms. The summed E-state index contributed by atoms with van der Waals surface area (Å²) in [7, 11) is 0. The fourth-order valence-corrected chi connectivity index (χ4v) is 3.42. The van der Waals surface area contributed by atoms with Crippen LogP contribution in [0.4, 0.5) is 0 Å². The molecule has 0 spiro atoms. The summed E-state index contributed by atoms with van der Waals surface area (Å²) in [4.78, 5) is 25.0. The molecule has 0 amide bonds. The minimum Gasteiger partial charge on any atom is -0.452 e. The Balaban J connectivity index is 1.38. The van der Waals surface area contributed by atoms with E-state index in [4.69, 9.17) is 25.5 Å². The van der Waals surface area contributed by atoms with Crippen LogP contribution in [-0.2, 0) is 0 Å². The van der Waals surface area contributed by atoms with Crippen molar-refractivity contribution >= 4 is 40.4 Å². The lowest BCUT2D eigenvalue weighted by molar-refractivity contribution is 0.0703. The molecule has 146 valence electrons. The maximum Gasteiger partial charge on any atom is 0.379 e. The molecule has 0 saturated carbocycles. The van der Waals surface area contributed by atoms with E-state index in [0.717, 1.165) is 10.9 Å². The first-order chi connectivity index (χ1) is 14.6. The van der Waals surface area contributed by atoms with Gasteiger partial charge in [-0.15, -0.1) is 0 Å². The standard InChI is InChI=1S/C24H13ClO5/c25-16-6-3-4-14(10-16)11-21-23(26)18-9-8-17(13-20(18)30-21)28-24(27)22-12-15-5-1-2-7-19(15)29-22/h1-13H/b21-11-. The normalized spacial score (nSPS) is 14.0. The Morgan fingerprint density at radius 3 is 2.67 bits per heavy atom. The Kier molecular flexibility index (Phi) is 4.38. The number of ketones is 1. The molecule has 0 unspecified atom stereocenters. The Hall–Kier alpha value is -3.83. The number of halogens is 1. The largest absolute Gasteiger partial charge is 0.452 e. The number of carbonyl (C=O) groups is 2. The van der Waals surface area contributed by atoms with E-state index >= 15 is 0 Å². The number of fused-ring (bicyclic) bond motifs is 2. The van der Waals surface area contributed by atoms with E-state index in [1.54, 1.807) is 48.5 Å². The molecule has 6 heteroatoms. The van der Waals surface area contributed by atoms with Crippen LogP contribution in [0.15, 0.2) is 83.0 Å². The quantitative estimate of drug-likeness (QED) is 0.235. The topological polar surface area (TPSA) is 65.7 Å². The fourth-order valence-electron chi connectivity index (χ4n) is 3.22. The first kappa shape index (κ1) is 18.2. The molecule has 0 radical (unpaired) electrons. The van der Waals surface area contributed by atoms with Gasteiger partial charge in [0.1, 0.15) is 17.1 Å². The van der Waals surface area contributed by atoms with Crippen LogP contribution in [-0.4, -0.2) is 11.8 Å². The summed E-state index contributed by atoms with van der Waals surface area (Å²) in [5.74, 6) is -0.0484. The zero-order valence-corrected chi connectivity index (χ0v) is 16.2. The molecule has 2 heterocycles. The highest BCUT2D eigenvalue weighted by Crippen LogP contribution is 2.35. The van der Waals surface area contributed by atoms with Crippen LogP contribution >= 0.6 is 11.6 Å². The van der Waals surface area contributed by atoms with Gasteiger partial charge in [-0.3, -0.25) is 4.79 Å². The van der Waals surface area contributed by atoms with Crippen LogP contribution in [0.2, 0.25) is 5.02 Å². The molecule has 3 aromatic carbocycles. The van der Waals surface area contributed by atoms with Crippen LogP contribution in [0.3, 0.4) is 0 Å². The van der Waals surface area contributed by atoms with E-state index in [2.05, 4.69) is 0 Å².